The van der Waals surface area contributed by atoms with Gasteiger partial charge >= 0.3 is 0 Å². The molecule has 0 spiro atoms. The molecule has 0 heterocycles. The third-order valence-electron chi connectivity index (χ3n) is 0.415. The Balaban J connectivity index is 0. The first-order chi connectivity index (χ1) is 3.56. The molecule has 0 saturated carbocycles. The van der Waals surface area contributed by atoms with Gasteiger partial charge in [0.05, 0.1) is 6.61 Å². The third kappa shape index (κ3) is 12.1. The summed E-state index contributed by atoms with van der Waals surface area (Å²) in [7, 11) is -2.43. The fourth-order valence-electron chi connectivity index (χ4n) is 0.199. The summed E-state index contributed by atoms with van der Waals surface area (Å²) < 4.78 is 15.1. The summed E-state index contributed by atoms with van der Waals surface area (Å²) in [5, 5.41) is 0. The van der Waals surface area contributed by atoms with Crippen LogP contribution in [0.3, 0.4) is 0 Å². The van der Waals surface area contributed by atoms with Crippen molar-refractivity contribution in [2.45, 2.75) is 0 Å². The lowest BCUT2D eigenvalue weighted by molar-refractivity contribution is 0.360. The van der Waals surface area contributed by atoms with Gasteiger partial charge in [-0.25, -0.2) is 4.21 Å². The second-order valence-electron chi connectivity index (χ2n) is 1.31. The first-order valence-electron chi connectivity index (χ1n) is 2.11. The van der Waals surface area contributed by atoms with Crippen LogP contribution in [0, 0.1) is 0 Å². The Morgan fingerprint density at radius 3 is 2.33 bits per heavy atom. The standard InChI is InChI=1S/C3H9NO2S2.BrH/c1-8(5,7)6-3-2-4;/h2-4H2,1H3;1H. The topological polar surface area (TPSA) is 52.3 Å². The predicted molar refractivity (Wildman–Crippen MR) is 46.8 cm³/mol. The van der Waals surface area contributed by atoms with Crippen molar-refractivity contribution in [3.8, 4) is 0 Å². The van der Waals surface area contributed by atoms with Crippen LogP contribution in [-0.4, -0.2) is 23.6 Å². The molecule has 0 aliphatic heterocycles. The third-order valence-corrected chi connectivity index (χ3v) is 1.30. The zero-order valence-electron chi connectivity index (χ0n) is 5.03. The highest BCUT2D eigenvalue weighted by Crippen LogP contribution is 1.83. The minimum Gasteiger partial charge on any atom is -0.328 e. The second-order valence-corrected chi connectivity index (χ2v) is 4.78. The maximum Gasteiger partial charge on any atom is 0.141 e. The Labute approximate surface area is 70.6 Å². The summed E-state index contributed by atoms with van der Waals surface area (Å²) in [4.78, 5) is 0. The van der Waals surface area contributed by atoms with Crippen molar-refractivity contribution in [1.29, 1.82) is 0 Å². The number of hydrogen-bond acceptors (Lipinski definition) is 4. The van der Waals surface area contributed by atoms with Gasteiger partial charge in [-0.3, -0.25) is 4.18 Å². The molecule has 0 saturated heterocycles. The van der Waals surface area contributed by atoms with Crippen LogP contribution in [0.4, 0.5) is 0 Å². The van der Waals surface area contributed by atoms with Gasteiger partial charge in [0, 0.05) is 24.0 Å². The van der Waals surface area contributed by atoms with Crippen molar-refractivity contribution >= 4 is 36.9 Å². The molecule has 0 aromatic rings. The van der Waals surface area contributed by atoms with Crippen LogP contribution < -0.4 is 5.73 Å². The molecule has 1 atom stereocenters. The average molecular weight is 236 g/mol. The number of halogens is 1. The van der Waals surface area contributed by atoms with Crippen LogP contribution in [-0.2, 0) is 24.1 Å². The molecule has 0 aromatic carbocycles. The highest BCUT2D eigenvalue weighted by molar-refractivity contribution is 8.93. The van der Waals surface area contributed by atoms with Gasteiger partial charge < -0.3 is 5.73 Å². The fourth-order valence-corrected chi connectivity index (χ4v) is 0.803. The number of nitrogens with two attached hydrogens (primary N) is 1. The molecule has 0 aromatic heterocycles. The quantitative estimate of drug-likeness (QED) is 0.739. The SMILES string of the molecule is Br.CS(=O)(=S)OCCN. The Morgan fingerprint density at radius 2 is 2.22 bits per heavy atom. The molecule has 0 fully saturated rings. The molecular weight excluding hydrogens is 226 g/mol. The molecule has 0 rings (SSSR count). The lowest BCUT2D eigenvalue weighted by Crippen LogP contribution is -2.11. The van der Waals surface area contributed by atoms with Crippen molar-refractivity contribution in [3.05, 3.63) is 0 Å². The van der Waals surface area contributed by atoms with E-state index in [-0.39, 0.29) is 23.6 Å². The zero-order valence-corrected chi connectivity index (χ0v) is 8.38. The van der Waals surface area contributed by atoms with Crippen molar-refractivity contribution < 1.29 is 8.39 Å². The summed E-state index contributed by atoms with van der Waals surface area (Å²) in [5.41, 5.74) is 5.04. The normalized spacial score (nSPS) is 15.8. The molecule has 0 bridgehead atoms. The van der Waals surface area contributed by atoms with Gasteiger partial charge in [-0.15, -0.1) is 17.0 Å². The molecule has 2 N–H and O–H groups in total. The minimum absolute atomic E-state index is 0. The lowest BCUT2D eigenvalue weighted by atomic mass is 10.8. The van der Waals surface area contributed by atoms with E-state index in [4.69, 9.17) is 5.73 Å². The van der Waals surface area contributed by atoms with E-state index in [0.29, 0.717) is 6.54 Å². The van der Waals surface area contributed by atoms with Crippen molar-refractivity contribution in [2.24, 2.45) is 5.73 Å². The van der Waals surface area contributed by atoms with E-state index in [1.165, 1.54) is 6.26 Å². The highest BCUT2D eigenvalue weighted by atomic mass is 79.9. The van der Waals surface area contributed by atoms with E-state index >= 15 is 0 Å². The minimum atomic E-state index is -2.43. The summed E-state index contributed by atoms with van der Waals surface area (Å²) in [6.07, 6.45) is 1.36. The summed E-state index contributed by atoms with van der Waals surface area (Å²) in [6, 6.07) is 0. The fraction of sp³-hybridized carbons (Fsp3) is 1.00. The smallest absolute Gasteiger partial charge is 0.141 e. The molecule has 0 aliphatic rings. The molecule has 0 radical (unpaired) electrons. The summed E-state index contributed by atoms with van der Waals surface area (Å²) >= 11 is 4.40. The zero-order chi connectivity index (χ0) is 6.62. The van der Waals surface area contributed by atoms with Gasteiger partial charge in [0.2, 0.25) is 0 Å². The van der Waals surface area contributed by atoms with Crippen molar-refractivity contribution in [2.75, 3.05) is 19.4 Å². The lowest BCUT2D eigenvalue weighted by Gasteiger charge is -1.97. The van der Waals surface area contributed by atoms with Gasteiger partial charge in [-0.05, 0) is 0 Å². The summed E-state index contributed by atoms with van der Waals surface area (Å²) in [5.74, 6) is 0. The summed E-state index contributed by atoms with van der Waals surface area (Å²) in [6.45, 7) is 0.639. The monoisotopic (exact) mass is 235 g/mol. The first-order valence-corrected chi connectivity index (χ1v) is 4.92. The Bertz CT molecular complexity index is 144. The molecule has 1 unspecified atom stereocenters. The molecule has 58 valence electrons. The first kappa shape index (κ1) is 12.4. The molecule has 3 nitrogen and oxygen atoms in total. The number of rotatable bonds is 3. The maximum atomic E-state index is 10.5. The Morgan fingerprint density at radius 1 is 1.78 bits per heavy atom. The Kier molecular flexibility index (Phi) is 7.67. The van der Waals surface area contributed by atoms with Crippen LogP contribution in [0.1, 0.15) is 0 Å². The van der Waals surface area contributed by atoms with Gasteiger partial charge in [-0.2, -0.15) is 0 Å². The maximum absolute atomic E-state index is 10.5. The van der Waals surface area contributed by atoms with Gasteiger partial charge in [-0.1, -0.05) is 0 Å². The van der Waals surface area contributed by atoms with Crippen molar-refractivity contribution in [3.63, 3.8) is 0 Å². The number of hydrogen-bond donors (Lipinski definition) is 1. The molecule has 9 heavy (non-hydrogen) atoms. The average Bonchev–Trinajstić information content (AvgIpc) is 1.59. The molecule has 0 amide bonds. The van der Waals surface area contributed by atoms with Crippen LogP contribution >= 0.6 is 17.0 Å². The van der Waals surface area contributed by atoms with Crippen LogP contribution in [0.15, 0.2) is 0 Å². The van der Waals surface area contributed by atoms with E-state index in [1.807, 2.05) is 0 Å². The highest BCUT2D eigenvalue weighted by Gasteiger charge is 1.92. The van der Waals surface area contributed by atoms with E-state index in [2.05, 4.69) is 15.4 Å². The van der Waals surface area contributed by atoms with Crippen LogP contribution in [0.2, 0.25) is 0 Å². The predicted octanol–water partition coefficient (Wildman–Crippen LogP) is -0.169. The second kappa shape index (κ2) is 5.55. The van der Waals surface area contributed by atoms with Gasteiger partial charge in [0.25, 0.3) is 0 Å². The van der Waals surface area contributed by atoms with Crippen LogP contribution in [0.25, 0.3) is 0 Å². The van der Waals surface area contributed by atoms with E-state index < -0.39 is 8.77 Å². The van der Waals surface area contributed by atoms with Crippen molar-refractivity contribution in [1.82, 2.24) is 0 Å². The molecular formula is C3H10BrNO2S2. The van der Waals surface area contributed by atoms with E-state index in [9.17, 15) is 4.21 Å². The molecule has 6 heteroatoms. The van der Waals surface area contributed by atoms with Gasteiger partial charge in [0.15, 0.2) is 0 Å². The van der Waals surface area contributed by atoms with Gasteiger partial charge in [0.1, 0.15) is 8.77 Å². The van der Waals surface area contributed by atoms with E-state index in [1.54, 1.807) is 0 Å². The Hall–Kier alpha value is 0.770. The molecule has 0 aliphatic carbocycles. The largest absolute Gasteiger partial charge is 0.328 e. The van der Waals surface area contributed by atoms with Crippen LogP contribution in [0.5, 0.6) is 0 Å². The van der Waals surface area contributed by atoms with E-state index in [0.717, 1.165) is 0 Å².